The molecule has 0 saturated carbocycles. The molecule has 6 nitrogen and oxygen atoms in total. The van der Waals surface area contributed by atoms with E-state index in [9.17, 15) is 9.59 Å². The number of thiocarbonyl (C=S) groups is 1. The fourth-order valence-electron chi connectivity index (χ4n) is 2.23. The summed E-state index contributed by atoms with van der Waals surface area (Å²) < 4.78 is 10.6. The van der Waals surface area contributed by atoms with Gasteiger partial charge in [-0.15, -0.1) is 0 Å². The van der Waals surface area contributed by atoms with Crippen LogP contribution in [0.4, 0.5) is 5.69 Å². The Morgan fingerprint density at radius 2 is 1.71 bits per heavy atom. The van der Waals surface area contributed by atoms with Crippen molar-refractivity contribution in [3.63, 3.8) is 0 Å². The van der Waals surface area contributed by atoms with Crippen LogP contribution in [0.15, 0.2) is 54.6 Å². The Labute approximate surface area is 170 Å². The first-order valence-corrected chi connectivity index (χ1v) is 9.51. The Kier molecular flexibility index (Phi) is 8.94. The van der Waals surface area contributed by atoms with Crippen molar-refractivity contribution in [2.24, 2.45) is 0 Å². The summed E-state index contributed by atoms with van der Waals surface area (Å²) in [6.07, 6.45) is 0.806. The second-order valence-corrected chi connectivity index (χ2v) is 6.43. The third-order valence-corrected chi connectivity index (χ3v) is 3.84. The van der Waals surface area contributed by atoms with Gasteiger partial charge >= 0.3 is 5.97 Å². The summed E-state index contributed by atoms with van der Waals surface area (Å²) in [7, 11) is 0. The molecule has 0 aliphatic heterocycles. The topological polar surface area (TPSA) is 76.7 Å². The molecule has 0 fully saturated rings. The van der Waals surface area contributed by atoms with Gasteiger partial charge in [0, 0.05) is 12.1 Å². The van der Waals surface area contributed by atoms with E-state index in [2.05, 4.69) is 10.6 Å². The monoisotopic (exact) mass is 400 g/mol. The number of anilines is 1. The van der Waals surface area contributed by atoms with E-state index in [-0.39, 0.29) is 29.8 Å². The van der Waals surface area contributed by atoms with Crippen LogP contribution >= 0.6 is 12.2 Å². The highest BCUT2D eigenvalue weighted by atomic mass is 32.1. The molecule has 148 valence electrons. The zero-order valence-electron chi connectivity index (χ0n) is 15.8. The molecule has 2 N–H and O–H groups in total. The Morgan fingerprint density at radius 3 is 2.39 bits per heavy atom. The molecule has 0 radical (unpaired) electrons. The van der Waals surface area contributed by atoms with Crippen LogP contribution in [0.25, 0.3) is 0 Å². The molecule has 1 amide bonds. The molecule has 0 saturated heterocycles. The highest BCUT2D eigenvalue weighted by Crippen LogP contribution is 2.17. The molecular formula is C21H24N2O4S. The number of carbonyl (C=O) groups excluding carboxylic acids is 2. The largest absolute Gasteiger partial charge is 0.489 e. The number of rotatable bonds is 9. The van der Waals surface area contributed by atoms with Crippen molar-refractivity contribution in [2.75, 3.05) is 11.9 Å². The van der Waals surface area contributed by atoms with Gasteiger partial charge in [0.15, 0.2) is 5.11 Å². The van der Waals surface area contributed by atoms with E-state index < -0.39 is 0 Å². The molecule has 0 aliphatic rings. The molecule has 0 atom stereocenters. The van der Waals surface area contributed by atoms with E-state index in [0.29, 0.717) is 13.2 Å². The van der Waals surface area contributed by atoms with Crippen molar-refractivity contribution < 1.29 is 19.1 Å². The van der Waals surface area contributed by atoms with Crippen molar-refractivity contribution >= 4 is 34.9 Å². The van der Waals surface area contributed by atoms with Gasteiger partial charge in [-0.25, -0.2) is 0 Å². The van der Waals surface area contributed by atoms with Crippen molar-refractivity contribution in [3.05, 3.63) is 60.2 Å². The molecule has 0 aromatic heterocycles. The standard InChI is InChI=1S/C21H24N2O4S/c1-2-14-26-20(25)13-12-19(24)23-21(28)22-17-8-10-18(11-9-17)27-15-16-6-4-3-5-7-16/h3-11H,2,12-15H2,1H3,(H2,22,23,24,28). The van der Waals surface area contributed by atoms with Crippen LogP contribution in [0.3, 0.4) is 0 Å². The van der Waals surface area contributed by atoms with Gasteiger partial charge in [0.1, 0.15) is 12.4 Å². The van der Waals surface area contributed by atoms with Crippen LogP contribution in [-0.2, 0) is 20.9 Å². The van der Waals surface area contributed by atoms with Gasteiger partial charge in [-0.1, -0.05) is 37.3 Å². The van der Waals surface area contributed by atoms with Crippen molar-refractivity contribution in [1.82, 2.24) is 5.32 Å². The summed E-state index contributed by atoms with van der Waals surface area (Å²) >= 11 is 5.12. The van der Waals surface area contributed by atoms with Crippen LogP contribution in [-0.4, -0.2) is 23.6 Å². The average Bonchev–Trinajstić information content (AvgIpc) is 2.71. The Bertz CT molecular complexity index is 779. The molecule has 0 spiro atoms. The zero-order valence-corrected chi connectivity index (χ0v) is 16.6. The van der Waals surface area contributed by atoms with Gasteiger partial charge < -0.3 is 20.1 Å². The maximum Gasteiger partial charge on any atom is 0.306 e. The van der Waals surface area contributed by atoms with E-state index in [1.54, 1.807) is 12.1 Å². The maximum absolute atomic E-state index is 11.8. The number of amides is 1. The van der Waals surface area contributed by atoms with Crippen LogP contribution in [0.2, 0.25) is 0 Å². The molecule has 0 aliphatic carbocycles. The number of esters is 1. The van der Waals surface area contributed by atoms with E-state index in [1.165, 1.54) is 0 Å². The van der Waals surface area contributed by atoms with Crippen molar-refractivity contribution in [3.8, 4) is 5.75 Å². The van der Waals surface area contributed by atoms with Gasteiger partial charge in [-0.2, -0.15) is 0 Å². The van der Waals surface area contributed by atoms with E-state index in [0.717, 1.165) is 23.4 Å². The first-order chi connectivity index (χ1) is 13.6. The Balaban J connectivity index is 1.71. The Morgan fingerprint density at radius 1 is 1.00 bits per heavy atom. The van der Waals surface area contributed by atoms with Crippen LogP contribution in [0, 0.1) is 0 Å². The molecule has 28 heavy (non-hydrogen) atoms. The second kappa shape index (κ2) is 11.7. The minimum atomic E-state index is -0.387. The van der Waals surface area contributed by atoms with Gasteiger partial charge in [0.05, 0.1) is 13.0 Å². The SMILES string of the molecule is CCCOC(=O)CCC(=O)NC(=S)Nc1ccc(OCc2ccccc2)cc1. The minimum absolute atomic E-state index is 0.0244. The normalized spacial score (nSPS) is 10.0. The minimum Gasteiger partial charge on any atom is -0.489 e. The summed E-state index contributed by atoms with van der Waals surface area (Å²) in [5.74, 6) is 0.00526. The fraction of sp³-hybridized carbons (Fsp3) is 0.286. The molecule has 2 aromatic carbocycles. The highest BCUT2D eigenvalue weighted by molar-refractivity contribution is 7.80. The lowest BCUT2D eigenvalue weighted by molar-refractivity contribution is -0.144. The average molecular weight is 401 g/mol. The fourth-order valence-corrected chi connectivity index (χ4v) is 2.46. The number of ether oxygens (including phenoxy) is 2. The number of nitrogens with one attached hydrogen (secondary N) is 2. The lowest BCUT2D eigenvalue weighted by atomic mass is 10.2. The van der Waals surface area contributed by atoms with Gasteiger partial charge in [0.2, 0.25) is 5.91 Å². The third-order valence-electron chi connectivity index (χ3n) is 3.64. The van der Waals surface area contributed by atoms with E-state index in [1.807, 2.05) is 49.4 Å². The number of benzene rings is 2. The maximum atomic E-state index is 11.8. The molecule has 0 bridgehead atoms. The lowest BCUT2D eigenvalue weighted by Gasteiger charge is -2.11. The molecule has 2 rings (SSSR count). The van der Waals surface area contributed by atoms with Gasteiger partial charge in [-0.3, -0.25) is 9.59 Å². The van der Waals surface area contributed by atoms with Gasteiger partial charge in [-0.05, 0) is 48.5 Å². The van der Waals surface area contributed by atoms with Crippen LogP contribution in [0.1, 0.15) is 31.7 Å². The molecular weight excluding hydrogens is 376 g/mol. The molecule has 0 heterocycles. The highest BCUT2D eigenvalue weighted by Gasteiger charge is 2.09. The summed E-state index contributed by atoms with van der Waals surface area (Å²) in [5, 5.41) is 5.64. The number of carbonyl (C=O) groups is 2. The summed E-state index contributed by atoms with van der Waals surface area (Å²) in [6.45, 7) is 2.76. The molecule has 0 unspecified atom stereocenters. The first kappa shape index (κ1) is 21.4. The van der Waals surface area contributed by atoms with E-state index >= 15 is 0 Å². The second-order valence-electron chi connectivity index (χ2n) is 6.02. The molecule has 2 aromatic rings. The smallest absolute Gasteiger partial charge is 0.306 e. The predicted molar refractivity (Wildman–Crippen MR) is 112 cm³/mol. The zero-order chi connectivity index (χ0) is 20.2. The van der Waals surface area contributed by atoms with Gasteiger partial charge in [0.25, 0.3) is 0 Å². The summed E-state index contributed by atoms with van der Waals surface area (Å²) in [4.78, 5) is 23.2. The van der Waals surface area contributed by atoms with Crippen molar-refractivity contribution in [2.45, 2.75) is 32.8 Å². The Hall–Kier alpha value is -2.93. The summed E-state index contributed by atoms with van der Waals surface area (Å²) in [6, 6.07) is 17.1. The lowest BCUT2D eigenvalue weighted by Crippen LogP contribution is -2.34. The van der Waals surface area contributed by atoms with Crippen LogP contribution < -0.4 is 15.4 Å². The number of hydrogen-bond donors (Lipinski definition) is 2. The predicted octanol–water partition coefficient (Wildman–Crippen LogP) is 3.81. The third kappa shape index (κ3) is 8.18. The van der Waals surface area contributed by atoms with E-state index in [4.69, 9.17) is 21.7 Å². The van der Waals surface area contributed by atoms with Crippen molar-refractivity contribution in [1.29, 1.82) is 0 Å². The first-order valence-electron chi connectivity index (χ1n) is 9.10. The quantitative estimate of drug-likeness (QED) is 0.492. The number of hydrogen-bond acceptors (Lipinski definition) is 5. The summed E-state index contributed by atoms with van der Waals surface area (Å²) in [5.41, 5.74) is 1.81. The molecule has 7 heteroatoms. The van der Waals surface area contributed by atoms with Crippen LogP contribution in [0.5, 0.6) is 5.75 Å².